The number of nitro groups is 1. The van der Waals surface area contributed by atoms with Gasteiger partial charge in [0, 0.05) is 6.07 Å². The van der Waals surface area contributed by atoms with Gasteiger partial charge in [0.2, 0.25) is 0 Å². The zero-order valence-electron chi connectivity index (χ0n) is 11.5. The number of benzene rings is 2. The van der Waals surface area contributed by atoms with Crippen LogP contribution in [0.15, 0.2) is 36.4 Å². The van der Waals surface area contributed by atoms with E-state index in [0.717, 1.165) is 17.2 Å². The highest BCUT2D eigenvalue weighted by molar-refractivity contribution is 6.05. The van der Waals surface area contributed by atoms with Crippen molar-refractivity contribution in [2.24, 2.45) is 0 Å². The van der Waals surface area contributed by atoms with Crippen LogP contribution in [-0.2, 0) is 0 Å². The predicted molar refractivity (Wildman–Crippen MR) is 76.9 cm³/mol. The van der Waals surface area contributed by atoms with Crippen LogP contribution in [0.1, 0.15) is 21.5 Å². The fourth-order valence-corrected chi connectivity index (χ4v) is 1.89. The van der Waals surface area contributed by atoms with E-state index in [2.05, 4.69) is 5.32 Å². The number of nitrogens with zero attached hydrogens (tertiary/aromatic N) is 1. The summed E-state index contributed by atoms with van der Waals surface area (Å²) in [5.41, 5.74) is 1.21. The average molecular weight is 288 g/mol. The first-order valence-corrected chi connectivity index (χ1v) is 6.21. The number of hydrogen-bond acceptors (Lipinski definition) is 3. The van der Waals surface area contributed by atoms with Crippen molar-refractivity contribution in [2.75, 3.05) is 5.32 Å². The third-order valence-electron chi connectivity index (χ3n) is 3.18. The zero-order valence-corrected chi connectivity index (χ0v) is 11.5. The Morgan fingerprint density at radius 2 is 1.81 bits per heavy atom. The van der Waals surface area contributed by atoms with E-state index >= 15 is 0 Å². The molecule has 1 amide bonds. The quantitative estimate of drug-likeness (QED) is 0.692. The van der Waals surface area contributed by atoms with Gasteiger partial charge in [0.1, 0.15) is 11.5 Å². The highest BCUT2D eigenvalue weighted by Gasteiger charge is 2.19. The van der Waals surface area contributed by atoms with Crippen LogP contribution in [0.3, 0.4) is 0 Å². The van der Waals surface area contributed by atoms with Gasteiger partial charge in [-0.25, -0.2) is 4.39 Å². The van der Waals surface area contributed by atoms with Crippen molar-refractivity contribution in [2.45, 2.75) is 13.8 Å². The second-order valence-corrected chi connectivity index (χ2v) is 4.64. The van der Waals surface area contributed by atoms with Crippen molar-refractivity contribution >= 4 is 17.3 Å². The summed E-state index contributed by atoms with van der Waals surface area (Å²) in [5.74, 6) is -1.40. The van der Waals surface area contributed by atoms with Crippen molar-refractivity contribution in [3.8, 4) is 0 Å². The molecular weight excluding hydrogens is 275 g/mol. The molecule has 108 valence electrons. The minimum atomic E-state index is -0.723. The first-order valence-electron chi connectivity index (χ1n) is 6.21. The highest BCUT2D eigenvalue weighted by atomic mass is 19.1. The normalized spacial score (nSPS) is 10.2. The minimum absolute atomic E-state index is 0.0522. The summed E-state index contributed by atoms with van der Waals surface area (Å²) in [7, 11) is 0. The Labute approximate surface area is 120 Å². The monoisotopic (exact) mass is 288 g/mol. The zero-order chi connectivity index (χ0) is 15.6. The molecule has 2 aromatic carbocycles. The van der Waals surface area contributed by atoms with Gasteiger partial charge in [0.25, 0.3) is 11.6 Å². The van der Waals surface area contributed by atoms with Crippen LogP contribution in [0.2, 0.25) is 0 Å². The lowest BCUT2D eigenvalue weighted by molar-refractivity contribution is -0.384. The maximum absolute atomic E-state index is 13.6. The molecule has 1 N–H and O–H groups in total. The Morgan fingerprint density at radius 3 is 2.43 bits per heavy atom. The molecule has 6 heteroatoms. The number of nitro benzene ring substituents is 1. The smallest absolute Gasteiger partial charge is 0.293 e. The molecule has 0 aliphatic carbocycles. The number of aryl methyl sites for hydroxylation is 2. The molecule has 0 bridgehead atoms. The maximum Gasteiger partial charge on any atom is 0.293 e. The summed E-state index contributed by atoms with van der Waals surface area (Å²) in [6.45, 7) is 3.52. The van der Waals surface area contributed by atoms with Gasteiger partial charge in [-0.3, -0.25) is 14.9 Å². The van der Waals surface area contributed by atoms with Gasteiger partial charge in [-0.05, 0) is 43.2 Å². The SMILES string of the molecule is Cc1cc(NC(=O)c2ccccc2F)c([N+](=O)[O-])cc1C. The van der Waals surface area contributed by atoms with Crippen LogP contribution in [0.5, 0.6) is 0 Å². The summed E-state index contributed by atoms with van der Waals surface area (Å²) in [5, 5.41) is 13.4. The largest absolute Gasteiger partial charge is 0.316 e. The van der Waals surface area contributed by atoms with Crippen LogP contribution in [0.4, 0.5) is 15.8 Å². The van der Waals surface area contributed by atoms with Crippen molar-refractivity contribution < 1.29 is 14.1 Å². The summed E-state index contributed by atoms with van der Waals surface area (Å²) in [4.78, 5) is 22.5. The maximum atomic E-state index is 13.6. The van der Waals surface area contributed by atoms with E-state index in [-0.39, 0.29) is 16.9 Å². The predicted octanol–water partition coefficient (Wildman–Crippen LogP) is 3.60. The van der Waals surface area contributed by atoms with Crippen LogP contribution >= 0.6 is 0 Å². The molecule has 5 nitrogen and oxygen atoms in total. The van der Waals surface area contributed by atoms with Gasteiger partial charge >= 0.3 is 0 Å². The van der Waals surface area contributed by atoms with Crippen molar-refractivity contribution in [1.29, 1.82) is 0 Å². The number of carbonyl (C=O) groups excluding carboxylic acids is 1. The molecule has 2 aromatic rings. The fourth-order valence-electron chi connectivity index (χ4n) is 1.89. The van der Waals surface area contributed by atoms with Crippen molar-refractivity contribution in [1.82, 2.24) is 0 Å². The van der Waals surface area contributed by atoms with Gasteiger partial charge in [0.05, 0.1) is 10.5 Å². The first-order chi connectivity index (χ1) is 9.90. The lowest BCUT2D eigenvalue weighted by Crippen LogP contribution is -2.15. The summed E-state index contributed by atoms with van der Waals surface area (Å²) in [6.07, 6.45) is 0. The number of halogens is 1. The minimum Gasteiger partial charge on any atom is -0.316 e. The van der Waals surface area contributed by atoms with Gasteiger partial charge in [-0.2, -0.15) is 0 Å². The van der Waals surface area contributed by atoms with Gasteiger partial charge in [-0.1, -0.05) is 12.1 Å². The number of carbonyl (C=O) groups is 1. The number of amides is 1. The van der Waals surface area contributed by atoms with Gasteiger partial charge in [-0.15, -0.1) is 0 Å². The summed E-state index contributed by atoms with van der Waals surface area (Å²) in [6, 6.07) is 8.34. The summed E-state index contributed by atoms with van der Waals surface area (Å²) < 4.78 is 13.6. The molecule has 0 spiro atoms. The molecule has 0 heterocycles. The van der Waals surface area contributed by atoms with E-state index in [1.165, 1.54) is 30.3 Å². The molecular formula is C15H13FN2O3. The molecule has 0 aliphatic heterocycles. The third-order valence-corrected chi connectivity index (χ3v) is 3.18. The van der Waals surface area contributed by atoms with Crippen LogP contribution < -0.4 is 5.32 Å². The van der Waals surface area contributed by atoms with Crippen molar-refractivity contribution in [3.63, 3.8) is 0 Å². The molecule has 0 unspecified atom stereocenters. The Morgan fingerprint density at radius 1 is 1.19 bits per heavy atom. The fraction of sp³-hybridized carbons (Fsp3) is 0.133. The number of anilines is 1. The Kier molecular flexibility index (Phi) is 3.98. The third kappa shape index (κ3) is 3.05. The van der Waals surface area contributed by atoms with Gasteiger partial charge < -0.3 is 5.32 Å². The van der Waals surface area contributed by atoms with Crippen LogP contribution in [0, 0.1) is 29.8 Å². The first kappa shape index (κ1) is 14.6. The number of hydrogen-bond donors (Lipinski definition) is 1. The molecule has 0 fully saturated rings. The Balaban J connectivity index is 2.40. The molecule has 2 rings (SSSR count). The Bertz CT molecular complexity index is 729. The average Bonchev–Trinajstić information content (AvgIpc) is 2.42. The lowest BCUT2D eigenvalue weighted by Gasteiger charge is -2.09. The standard InChI is InChI=1S/C15H13FN2O3/c1-9-7-13(14(18(20)21)8-10(9)2)17-15(19)11-5-3-4-6-12(11)16/h3-8H,1-2H3,(H,17,19). The van der Waals surface area contributed by atoms with E-state index in [1.807, 2.05) is 0 Å². The molecule has 0 saturated carbocycles. The lowest BCUT2D eigenvalue weighted by atomic mass is 10.1. The number of nitrogens with one attached hydrogen (secondary N) is 1. The van der Waals surface area contributed by atoms with E-state index in [4.69, 9.17) is 0 Å². The number of rotatable bonds is 3. The second-order valence-electron chi connectivity index (χ2n) is 4.64. The molecule has 0 atom stereocenters. The van der Waals surface area contributed by atoms with Crippen LogP contribution in [-0.4, -0.2) is 10.8 Å². The molecule has 21 heavy (non-hydrogen) atoms. The second kappa shape index (κ2) is 5.70. The highest BCUT2D eigenvalue weighted by Crippen LogP contribution is 2.28. The summed E-state index contributed by atoms with van der Waals surface area (Å²) >= 11 is 0. The molecule has 0 saturated heterocycles. The molecule has 0 aromatic heterocycles. The van der Waals surface area contributed by atoms with E-state index in [1.54, 1.807) is 13.8 Å². The van der Waals surface area contributed by atoms with E-state index in [0.29, 0.717) is 0 Å². The Hall–Kier alpha value is -2.76. The van der Waals surface area contributed by atoms with Crippen molar-refractivity contribution in [3.05, 3.63) is 69.0 Å². The molecule has 0 aliphatic rings. The van der Waals surface area contributed by atoms with E-state index < -0.39 is 16.6 Å². The topological polar surface area (TPSA) is 72.2 Å². The van der Waals surface area contributed by atoms with Crippen LogP contribution in [0.25, 0.3) is 0 Å². The van der Waals surface area contributed by atoms with Gasteiger partial charge in [0.15, 0.2) is 0 Å². The molecule has 0 radical (unpaired) electrons. The van der Waals surface area contributed by atoms with E-state index in [9.17, 15) is 19.3 Å².